The van der Waals surface area contributed by atoms with Crippen molar-refractivity contribution >= 4 is 11.6 Å². The molecule has 0 aliphatic rings. The Bertz CT molecular complexity index is 669. The first kappa shape index (κ1) is 16.9. The number of anilines is 1. The summed E-state index contributed by atoms with van der Waals surface area (Å²) < 4.78 is 43.3. The number of hydrogen-bond donors (Lipinski definition) is 1. The Morgan fingerprint density at radius 3 is 2.43 bits per heavy atom. The summed E-state index contributed by atoms with van der Waals surface area (Å²) in [5.41, 5.74) is 0.163. The van der Waals surface area contributed by atoms with Crippen LogP contribution in [-0.4, -0.2) is 13.0 Å². The van der Waals surface area contributed by atoms with Crippen LogP contribution in [0.3, 0.4) is 0 Å². The Hall–Kier alpha value is -2.50. The predicted molar refractivity (Wildman–Crippen MR) is 81.4 cm³/mol. The zero-order valence-electron chi connectivity index (χ0n) is 12.5. The van der Waals surface area contributed by atoms with Crippen LogP contribution in [-0.2, 0) is 17.4 Å². The van der Waals surface area contributed by atoms with Crippen LogP contribution >= 0.6 is 0 Å². The number of methoxy groups -OCH3 is 1. The second-order valence-corrected chi connectivity index (χ2v) is 4.95. The van der Waals surface area contributed by atoms with Crippen LogP contribution in [0, 0.1) is 0 Å². The van der Waals surface area contributed by atoms with E-state index in [4.69, 9.17) is 4.74 Å². The first-order valence-corrected chi connectivity index (χ1v) is 6.99. The molecule has 0 heterocycles. The molecule has 6 heteroatoms. The number of amides is 1. The van der Waals surface area contributed by atoms with Gasteiger partial charge in [-0.25, -0.2) is 0 Å². The molecule has 122 valence electrons. The molecular weight excluding hydrogens is 307 g/mol. The van der Waals surface area contributed by atoms with Gasteiger partial charge >= 0.3 is 6.18 Å². The molecule has 2 aromatic rings. The first-order chi connectivity index (χ1) is 10.9. The molecule has 0 fully saturated rings. The molecule has 0 saturated heterocycles. The van der Waals surface area contributed by atoms with E-state index in [-0.39, 0.29) is 23.8 Å². The van der Waals surface area contributed by atoms with Gasteiger partial charge in [0.1, 0.15) is 5.75 Å². The van der Waals surface area contributed by atoms with E-state index in [0.717, 1.165) is 17.7 Å². The molecule has 23 heavy (non-hydrogen) atoms. The van der Waals surface area contributed by atoms with Crippen LogP contribution in [0.25, 0.3) is 0 Å². The molecule has 1 amide bonds. The van der Waals surface area contributed by atoms with Crippen LogP contribution in [0.2, 0.25) is 0 Å². The standard InChI is InChI=1S/C17H16F3NO2/c1-23-15-9-8-13(17(18,19)20)11-14(15)21-16(22)10-7-12-5-3-2-4-6-12/h2-6,8-9,11H,7,10H2,1H3,(H,21,22). The molecule has 0 atom stereocenters. The highest BCUT2D eigenvalue weighted by atomic mass is 19.4. The summed E-state index contributed by atoms with van der Waals surface area (Å²) in [5, 5.41) is 2.48. The molecule has 1 N–H and O–H groups in total. The quantitative estimate of drug-likeness (QED) is 0.891. The highest BCUT2D eigenvalue weighted by Gasteiger charge is 2.31. The number of carbonyl (C=O) groups excluding carboxylic acids is 1. The second-order valence-electron chi connectivity index (χ2n) is 4.95. The Balaban J connectivity index is 2.07. The maximum absolute atomic E-state index is 12.8. The number of aryl methyl sites for hydroxylation is 1. The van der Waals surface area contributed by atoms with Crippen LogP contribution in [0.4, 0.5) is 18.9 Å². The van der Waals surface area contributed by atoms with Crippen LogP contribution < -0.4 is 10.1 Å². The van der Waals surface area contributed by atoms with Crippen molar-refractivity contribution < 1.29 is 22.7 Å². The Labute approximate surface area is 132 Å². The fourth-order valence-corrected chi connectivity index (χ4v) is 2.10. The van der Waals surface area contributed by atoms with Gasteiger partial charge in [0, 0.05) is 6.42 Å². The van der Waals surface area contributed by atoms with Crippen molar-refractivity contribution in [3.05, 3.63) is 59.7 Å². The van der Waals surface area contributed by atoms with Gasteiger partial charge in [0.15, 0.2) is 0 Å². The highest BCUT2D eigenvalue weighted by molar-refractivity contribution is 5.92. The van der Waals surface area contributed by atoms with E-state index in [2.05, 4.69) is 5.32 Å². The number of alkyl halides is 3. The van der Waals surface area contributed by atoms with E-state index < -0.39 is 11.7 Å². The highest BCUT2D eigenvalue weighted by Crippen LogP contribution is 2.34. The van der Waals surface area contributed by atoms with Crippen molar-refractivity contribution in [3.63, 3.8) is 0 Å². The largest absolute Gasteiger partial charge is 0.495 e. The van der Waals surface area contributed by atoms with Crippen molar-refractivity contribution in [2.75, 3.05) is 12.4 Å². The number of benzene rings is 2. The minimum Gasteiger partial charge on any atom is -0.495 e. The monoisotopic (exact) mass is 323 g/mol. The van der Waals surface area contributed by atoms with Crippen molar-refractivity contribution in [1.29, 1.82) is 0 Å². The third kappa shape index (κ3) is 4.74. The average Bonchev–Trinajstić information content (AvgIpc) is 2.53. The first-order valence-electron chi connectivity index (χ1n) is 6.99. The topological polar surface area (TPSA) is 38.3 Å². The summed E-state index contributed by atoms with van der Waals surface area (Å²) in [7, 11) is 1.34. The number of carbonyl (C=O) groups is 1. The molecule has 0 aliphatic heterocycles. The summed E-state index contributed by atoms with van der Waals surface area (Å²) in [6.07, 6.45) is -3.80. The smallest absolute Gasteiger partial charge is 0.416 e. The van der Waals surface area contributed by atoms with Gasteiger partial charge < -0.3 is 10.1 Å². The third-order valence-electron chi connectivity index (χ3n) is 3.28. The second kappa shape index (κ2) is 7.17. The van der Waals surface area contributed by atoms with Gasteiger partial charge in [0.2, 0.25) is 5.91 Å². The average molecular weight is 323 g/mol. The Morgan fingerprint density at radius 1 is 1.13 bits per heavy atom. The summed E-state index contributed by atoms with van der Waals surface area (Å²) >= 11 is 0. The molecule has 0 radical (unpaired) electrons. The molecule has 0 spiro atoms. The van der Waals surface area contributed by atoms with Gasteiger partial charge in [0.05, 0.1) is 18.4 Å². The Kier molecular flexibility index (Phi) is 5.26. The maximum atomic E-state index is 12.8. The number of hydrogen-bond acceptors (Lipinski definition) is 2. The van der Waals surface area contributed by atoms with E-state index in [9.17, 15) is 18.0 Å². The zero-order chi connectivity index (χ0) is 16.9. The SMILES string of the molecule is COc1ccc(C(F)(F)F)cc1NC(=O)CCc1ccccc1. The van der Waals surface area contributed by atoms with Crippen LogP contribution in [0.5, 0.6) is 5.75 Å². The van der Waals surface area contributed by atoms with E-state index in [1.807, 2.05) is 30.3 Å². The predicted octanol–water partition coefficient (Wildman–Crippen LogP) is 4.29. The van der Waals surface area contributed by atoms with E-state index in [0.29, 0.717) is 6.42 Å². The molecular formula is C17H16F3NO2. The minimum absolute atomic E-state index is 0.0142. The van der Waals surface area contributed by atoms with Crippen molar-refractivity contribution in [2.24, 2.45) is 0 Å². The lowest BCUT2D eigenvalue weighted by atomic mass is 10.1. The fraction of sp³-hybridized carbons (Fsp3) is 0.235. The van der Waals surface area contributed by atoms with Gasteiger partial charge in [-0.2, -0.15) is 13.2 Å². The third-order valence-corrected chi connectivity index (χ3v) is 3.28. The Morgan fingerprint density at radius 2 is 1.83 bits per heavy atom. The number of halogens is 3. The normalized spacial score (nSPS) is 11.1. The number of ether oxygens (including phenoxy) is 1. The van der Waals surface area contributed by atoms with Gasteiger partial charge in [-0.15, -0.1) is 0 Å². The van der Waals surface area contributed by atoms with Crippen molar-refractivity contribution in [1.82, 2.24) is 0 Å². The van der Waals surface area contributed by atoms with E-state index >= 15 is 0 Å². The maximum Gasteiger partial charge on any atom is 0.416 e. The minimum atomic E-state index is -4.48. The van der Waals surface area contributed by atoms with Gasteiger partial charge in [0.25, 0.3) is 0 Å². The zero-order valence-corrected chi connectivity index (χ0v) is 12.5. The summed E-state index contributed by atoms with van der Waals surface area (Å²) in [4.78, 5) is 12.0. The van der Waals surface area contributed by atoms with E-state index in [1.54, 1.807) is 0 Å². The molecule has 2 aromatic carbocycles. The van der Waals surface area contributed by atoms with Gasteiger partial charge in [-0.05, 0) is 30.2 Å². The number of nitrogens with one attached hydrogen (secondary N) is 1. The molecule has 3 nitrogen and oxygen atoms in total. The van der Waals surface area contributed by atoms with Crippen LogP contribution in [0.15, 0.2) is 48.5 Å². The number of rotatable bonds is 5. The molecule has 2 rings (SSSR count). The summed E-state index contributed by atoms with van der Waals surface area (Å²) in [6.45, 7) is 0. The summed E-state index contributed by atoms with van der Waals surface area (Å²) in [5.74, 6) is -0.183. The molecule has 0 saturated carbocycles. The molecule has 0 aromatic heterocycles. The van der Waals surface area contributed by atoms with Crippen molar-refractivity contribution in [2.45, 2.75) is 19.0 Å². The van der Waals surface area contributed by atoms with Gasteiger partial charge in [-0.1, -0.05) is 30.3 Å². The molecule has 0 unspecified atom stereocenters. The van der Waals surface area contributed by atoms with E-state index in [1.165, 1.54) is 13.2 Å². The molecule has 0 bridgehead atoms. The van der Waals surface area contributed by atoms with Crippen LogP contribution in [0.1, 0.15) is 17.5 Å². The van der Waals surface area contributed by atoms with Crippen molar-refractivity contribution in [3.8, 4) is 5.75 Å². The lowest BCUT2D eigenvalue weighted by molar-refractivity contribution is -0.137. The lowest BCUT2D eigenvalue weighted by Crippen LogP contribution is -2.14. The molecule has 0 aliphatic carbocycles. The fourth-order valence-electron chi connectivity index (χ4n) is 2.10. The lowest BCUT2D eigenvalue weighted by Gasteiger charge is -2.13. The van der Waals surface area contributed by atoms with Gasteiger partial charge in [-0.3, -0.25) is 4.79 Å². The summed E-state index contributed by atoms with van der Waals surface area (Å²) in [6, 6.07) is 12.4.